The maximum atomic E-state index is 12.9. The molecule has 0 radical (unpaired) electrons. The number of Topliss-reactive ketones (excluding diaryl/α,β-unsaturated/α-hetero) is 1. The van der Waals surface area contributed by atoms with Gasteiger partial charge < -0.3 is 9.47 Å². The number of carbonyl (C=O) groups excluding carboxylic acids is 1. The number of ether oxygens (including phenoxy) is 2. The Kier molecular flexibility index (Phi) is 6.84. The smallest absolute Gasteiger partial charge is 0.262 e. The molecule has 7 heteroatoms. The summed E-state index contributed by atoms with van der Waals surface area (Å²) >= 11 is 1.28. The van der Waals surface area contributed by atoms with Crippen molar-refractivity contribution in [1.82, 2.24) is 9.55 Å². The normalized spacial score (nSPS) is 10.9. The van der Waals surface area contributed by atoms with Gasteiger partial charge in [-0.05, 0) is 42.8 Å². The Morgan fingerprint density at radius 1 is 1.11 bits per heavy atom. The van der Waals surface area contributed by atoms with Gasteiger partial charge in [0.05, 0.1) is 23.8 Å². The fourth-order valence-corrected chi connectivity index (χ4v) is 3.73. The molecule has 2 aromatic carbocycles. The third-order valence-corrected chi connectivity index (χ3v) is 5.28. The van der Waals surface area contributed by atoms with E-state index in [-0.39, 0.29) is 17.1 Å². The van der Waals surface area contributed by atoms with Crippen LogP contribution in [0.25, 0.3) is 10.9 Å². The van der Waals surface area contributed by atoms with Gasteiger partial charge in [-0.15, -0.1) is 0 Å². The highest BCUT2D eigenvalue weighted by molar-refractivity contribution is 7.99. The topological polar surface area (TPSA) is 70.4 Å². The molecule has 0 unspecified atom stereocenters. The molecule has 28 heavy (non-hydrogen) atoms. The Morgan fingerprint density at radius 3 is 2.57 bits per heavy atom. The van der Waals surface area contributed by atoms with Crippen LogP contribution < -0.4 is 10.3 Å². The number of benzene rings is 2. The highest BCUT2D eigenvalue weighted by Gasteiger charge is 2.14. The summed E-state index contributed by atoms with van der Waals surface area (Å²) in [7, 11) is 3.21. The molecule has 0 aliphatic rings. The number of thioether (sulfide) groups is 1. The third kappa shape index (κ3) is 4.61. The van der Waals surface area contributed by atoms with Crippen molar-refractivity contribution in [3.63, 3.8) is 0 Å². The monoisotopic (exact) mass is 398 g/mol. The molecule has 1 aromatic heterocycles. The predicted octanol–water partition coefficient (Wildman–Crippen LogP) is 3.42. The van der Waals surface area contributed by atoms with E-state index < -0.39 is 0 Å². The molecule has 0 aliphatic carbocycles. The van der Waals surface area contributed by atoms with Crippen LogP contribution in [0.2, 0.25) is 0 Å². The number of hydrogen-bond donors (Lipinski definition) is 0. The van der Waals surface area contributed by atoms with Gasteiger partial charge >= 0.3 is 0 Å². The minimum Gasteiger partial charge on any atom is -0.497 e. The van der Waals surface area contributed by atoms with E-state index in [0.29, 0.717) is 46.9 Å². The quantitative estimate of drug-likeness (QED) is 0.238. The van der Waals surface area contributed by atoms with Crippen LogP contribution in [0.1, 0.15) is 16.8 Å². The van der Waals surface area contributed by atoms with Gasteiger partial charge in [-0.1, -0.05) is 23.9 Å². The van der Waals surface area contributed by atoms with Gasteiger partial charge in [0.25, 0.3) is 5.56 Å². The number of hydrogen-bond acceptors (Lipinski definition) is 6. The average molecular weight is 398 g/mol. The minimum atomic E-state index is -0.0962. The lowest BCUT2D eigenvalue weighted by molar-refractivity contribution is 0.102. The second-order valence-electron chi connectivity index (χ2n) is 6.16. The number of para-hydroxylation sites is 1. The SMILES string of the molecule is COCCCn1c(SCC(=O)c2ccc(OC)cc2)nc2ccccc2c1=O. The summed E-state index contributed by atoms with van der Waals surface area (Å²) in [6.45, 7) is 1.04. The van der Waals surface area contributed by atoms with Crippen LogP contribution >= 0.6 is 11.8 Å². The second kappa shape index (κ2) is 9.52. The molecule has 0 bridgehead atoms. The molecule has 0 saturated heterocycles. The molecule has 0 fully saturated rings. The van der Waals surface area contributed by atoms with Crippen LogP contribution in [0.5, 0.6) is 5.75 Å². The van der Waals surface area contributed by atoms with Crippen molar-refractivity contribution in [2.45, 2.75) is 18.1 Å². The van der Waals surface area contributed by atoms with Gasteiger partial charge in [-0.25, -0.2) is 4.98 Å². The Hall–Kier alpha value is -2.64. The van der Waals surface area contributed by atoms with Crippen LogP contribution in [-0.2, 0) is 11.3 Å². The van der Waals surface area contributed by atoms with Crippen molar-refractivity contribution >= 4 is 28.4 Å². The molecule has 0 saturated carbocycles. The standard InChI is InChI=1S/C21H22N2O4S/c1-26-13-5-12-23-20(25)17-6-3-4-7-18(17)22-21(23)28-14-19(24)15-8-10-16(27-2)11-9-15/h3-4,6-11H,5,12-14H2,1-2H3. The first-order chi connectivity index (χ1) is 13.6. The molecule has 3 aromatic rings. The van der Waals surface area contributed by atoms with Gasteiger partial charge in [-0.2, -0.15) is 0 Å². The summed E-state index contributed by atoms with van der Waals surface area (Å²) < 4.78 is 11.9. The molecule has 6 nitrogen and oxygen atoms in total. The second-order valence-corrected chi connectivity index (χ2v) is 7.10. The molecule has 0 spiro atoms. The Balaban J connectivity index is 1.84. The van der Waals surface area contributed by atoms with E-state index in [4.69, 9.17) is 9.47 Å². The first-order valence-corrected chi connectivity index (χ1v) is 9.91. The summed E-state index contributed by atoms with van der Waals surface area (Å²) in [5.41, 5.74) is 1.14. The summed E-state index contributed by atoms with van der Waals surface area (Å²) in [5, 5.41) is 1.12. The van der Waals surface area contributed by atoms with Crippen molar-refractivity contribution in [2.75, 3.05) is 26.6 Å². The average Bonchev–Trinajstić information content (AvgIpc) is 2.74. The third-order valence-electron chi connectivity index (χ3n) is 4.30. The molecule has 0 atom stereocenters. The van der Waals surface area contributed by atoms with E-state index in [1.807, 2.05) is 18.2 Å². The molecule has 146 valence electrons. The predicted molar refractivity (Wildman–Crippen MR) is 111 cm³/mol. The van der Waals surface area contributed by atoms with Gasteiger partial charge in [0.2, 0.25) is 0 Å². The molecule has 0 aliphatic heterocycles. The van der Waals surface area contributed by atoms with E-state index in [1.54, 1.807) is 49.1 Å². The fraction of sp³-hybridized carbons (Fsp3) is 0.286. The summed E-state index contributed by atoms with van der Waals surface area (Å²) in [6, 6.07) is 14.2. The van der Waals surface area contributed by atoms with Gasteiger partial charge in [-0.3, -0.25) is 14.2 Å². The molecule has 0 N–H and O–H groups in total. The van der Waals surface area contributed by atoms with Crippen LogP contribution in [0, 0.1) is 0 Å². The zero-order valence-electron chi connectivity index (χ0n) is 15.9. The zero-order valence-corrected chi connectivity index (χ0v) is 16.7. The summed E-state index contributed by atoms with van der Waals surface area (Å²) in [6.07, 6.45) is 0.691. The van der Waals surface area contributed by atoms with Crippen molar-refractivity contribution in [2.24, 2.45) is 0 Å². The Morgan fingerprint density at radius 2 is 1.86 bits per heavy atom. The lowest BCUT2D eigenvalue weighted by Gasteiger charge is -2.13. The van der Waals surface area contributed by atoms with Gasteiger partial charge in [0.1, 0.15) is 5.75 Å². The fourth-order valence-electron chi connectivity index (χ4n) is 2.81. The number of methoxy groups -OCH3 is 2. The molecular formula is C21H22N2O4S. The summed E-state index contributed by atoms with van der Waals surface area (Å²) in [4.78, 5) is 30.1. The van der Waals surface area contributed by atoms with Crippen molar-refractivity contribution in [1.29, 1.82) is 0 Å². The number of ketones is 1. The number of nitrogens with zero attached hydrogens (tertiary/aromatic N) is 2. The number of aromatic nitrogens is 2. The first-order valence-electron chi connectivity index (χ1n) is 8.92. The van der Waals surface area contributed by atoms with Crippen molar-refractivity contribution < 1.29 is 14.3 Å². The minimum absolute atomic E-state index is 0.0292. The number of fused-ring (bicyclic) bond motifs is 1. The largest absolute Gasteiger partial charge is 0.497 e. The van der Waals surface area contributed by atoms with E-state index in [1.165, 1.54) is 11.8 Å². The Labute approximate surface area is 167 Å². The molecule has 0 amide bonds. The Bertz CT molecular complexity index is 1020. The molecular weight excluding hydrogens is 376 g/mol. The van der Waals surface area contributed by atoms with E-state index in [9.17, 15) is 9.59 Å². The van der Waals surface area contributed by atoms with E-state index in [2.05, 4.69) is 4.98 Å². The van der Waals surface area contributed by atoms with E-state index >= 15 is 0 Å². The van der Waals surface area contributed by atoms with Crippen LogP contribution in [0.15, 0.2) is 58.5 Å². The van der Waals surface area contributed by atoms with Crippen LogP contribution in [0.4, 0.5) is 0 Å². The lowest BCUT2D eigenvalue weighted by atomic mass is 10.1. The number of rotatable bonds is 9. The van der Waals surface area contributed by atoms with Gasteiger partial charge in [0, 0.05) is 25.8 Å². The highest BCUT2D eigenvalue weighted by atomic mass is 32.2. The van der Waals surface area contributed by atoms with Crippen molar-refractivity contribution in [3.8, 4) is 5.75 Å². The molecule has 3 rings (SSSR count). The maximum absolute atomic E-state index is 12.9. The summed E-state index contributed by atoms with van der Waals surface area (Å²) in [5.74, 6) is 0.868. The lowest BCUT2D eigenvalue weighted by Crippen LogP contribution is -2.24. The maximum Gasteiger partial charge on any atom is 0.262 e. The zero-order chi connectivity index (χ0) is 19.9. The van der Waals surface area contributed by atoms with Crippen LogP contribution in [0.3, 0.4) is 0 Å². The van der Waals surface area contributed by atoms with Crippen molar-refractivity contribution in [3.05, 3.63) is 64.4 Å². The van der Waals surface area contributed by atoms with Crippen LogP contribution in [-0.4, -0.2) is 41.9 Å². The molecule has 1 heterocycles. The highest BCUT2D eigenvalue weighted by Crippen LogP contribution is 2.20. The van der Waals surface area contributed by atoms with Gasteiger partial charge in [0.15, 0.2) is 10.9 Å². The first kappa shape index (κ1) is 20.1. The van der Waals surface area contributed by atoms with E-state index in [0.717, 1.165) is 0 Å². The number of carbonyl (C=O) groups is 1.